The number of ether oxygens (including phenoxy) is 1. The minimum absolute atomic E-state index is 0.196. The molecule has 9 nitrogen and oxygen atoms in total. The largest absolute Gasteiger partial charge is 0.490 e. The number of aliphatic hydroxyl groups is 1. The maximum Gasteiger partial charge on any atom is 0.416 e. The Morgan fingerprint density at radius 2 is 1.79 bits per heavy atom. The number of carboxylic acid groups (broad SMARTS) is 2. The van der Waals surface area contributed by atoms with Crippen molar-refractivity contribution in [3.8, 4) is 5.75 Å². The van der Waals surface area contributed by atoms with Gasteiger partial charge in [-0.25, -0.2) is 9.59 Å². The molecule has 1 atom stereocenters. The summed E-state index contributed by atoms with van der Waals surface area (Å²) in [6, 6.07) is 11.5. The SMILES string of the molecule is O=C(O)C(=O)O.O[C@H](COc1cccc2[nH]ccc12)CN1CC=C(c2c[nH]c3cc(C(F)(F)F)ccc23)CC1. The van der Waals surface area contributed by atoms with Gasteiger partial charge in [-0.3, -0.25) is 4.90 Å². The Bertz CT molecular complexity index is 1500. The quantitative estimate of drug-likeness (QED) is 0.227. The zero-order chi connectivity index (χ0) is 28.2. The molecule has 0 bridgehead atoms. The third-order valence-corrected chi connectivity index (χ3v) is 6.29. The van der Waals surface area contributed by atoms with Crippen molar-refractivity contribution < 1.29 is 42.8 Å². The molecule has 0 amide bonds. The minimum atomic E-state index is -4.36. The second-order valence-corrected chi connectivity index (χ2v) is 8.97. The standard InChI is InChI=1S/C25H24F3N3O2.C2H2O4/c26-25(27,28)17-4-5-19-21(13-30-23(19)12-17)16-7-10-31(11-8-16)14-18(32)15-33-24-3-1-2-22-20(24)6-9-29-22;3-1(4)2(5)6/h1-7,9,12-13,18,29-30,32H,8,10-11,14-15H2;(H,3,4)(H,5,6)/t18-;/m0./s1. The molecule has 1 aliphatic rings. The maximum atomic E-state index is 13.0. The van der Waals surface area contributed by atoms with Gasteiger partial charge in [-0.1, -0.05) is 18.2 Å². The molecule has 4 aromatic rings. The van der Waals surface area contributed by atoms with E-state index < -0.39 is 29.8 Å². The van der Waals surface area contributed by atoms with E-state index in [9.17, 15) is 18.3 Å². The van der Waals surface area contributed by atoms with Crippen LogP contribution in [0, 0.1) is 0 Å². The van der Waals surface area contributed by atoms with Crippen molar-refractivity contribution in [1.29, 1.82) is 0 Å². The van der Waals surface area contributed by atoms with Gasteiger partial charge in [0.1, 0.15) is 18.5 Å². The molecule has 0 aliphatic carbocycles. The van der Waals surface area contributed by atoms with Crippen molar-refractivity contribution in [2.75, 3.05) is 26.2 Å². The summed E-state index contributed by atoms with van der Waals surface area (Å²) in [6.45, 7) is 2.09. The number of fused-ring (bicyclic) bond motifs is 2. The van der Waals surface area contributed by atoms with Crippen molar-refractivity contribution in [3.05, 3.63) is 72.1 Å². The number of carbonyl (C=O) groups is 2. The van der Waals surface area contributed by atoms with Crippen LogP contribution in [0.15, 0.2) is 60.9 Å². The minimum Gasteiger partial charge on any atom is -0.490 e. The van der Waals surface area contributed by atoms with Gasteiger partial charge >= 0.3 is 18.1 Å². The van der Waals surface area contributed by atoms with E-state index in [2.05, 4.69) is 20.9 Å². The number of aromatic nitrogens is 2. The van der Waals surface area contributed by atoms with Crippen LogP contribution >= 0.6 is 0 Å². The fraction of sp³-hybridized carbons (Fsp3) is 0.259. The Hall–Kier alpha value is -4.29. The average molecular weight is 546 g/mol. The number of aliphatic hydroxyl groups excluding tert-OH is 1. The summed E-state index contributed by atoms with van der Waals surface area (Å²) < 4.78 is 44.8. The second-order valence-electron chi connectivity index (χ2n) is 8.97. The molecule has 2 aromatic heterocycles. The third-order valence-electron chi connectivity index (χ3n) is 6.29. The number of halogens is 3. The van der Waals surface area contributed by atoms with Crippen LogP contribution in [0.1, 0.15) is 17.5 Å². The number of H-pyrrole nitrogens is 2. The molecule has 39 heavy (non-hydrogen) atoms. The molecule has 0 saturated carbocycles. The summed E-state index contributed by atoms with van der Waals surface area (Å²) in [7, 11) is 0. The number of benzene rings is 2. The fourth-order valence-corrected chi connectivity index (χ4v) is 4.41. The molecule has 206 valence electrons. The monoisotopic (exact) mass is 545 g/mol. The first-order valence-electron chi connectivity index (χ1n) is 12.0. The van der Waals surface area contributed by atoms with Crippen molar-refractivity contribution >= 4 is 39.3 Å². The number of β-amino-alcohol motifs (C(OH)–C–C–N with tert-alkyl or cyclic N) is 1. The van der Waals surface area contributed by atoms with Gasteiger partial charge < -0.3 is 30.0 Å². The van der Waals surface area contributed by atoms with Gasteiger partial charge in [0.25, 0.3) is 0 Å². The molecular weight excluding hydrogens is 519 g/mol. The van der Waals surface area contributed by atoms with Crippen molar-refractivity contribution in [2.24, 2.45) is 0 Å². The Morgan fingerprint density at radius 1 is 1.03 bits per heavy atom. The summed E-state index contributed by atoms with van der Waals surface area (Å²) in [5.41, 5.74) is 2.84. The molecule has 5 N–H and O–H groups in total. The Kier molecular flexibility index (Phi) is 8.27. The second kappa shape index (κ2) is 11.6. The van der Waals surface area contributed by atoms with Crippen LogP contribution < -0.4 is 4.74 Å². The van der Waals surface area contributed by atoms with Gasteiger partial charge in [0.15, 0.2) is 0 Å². The van der Waals surface area contributed by atoms with E-state index in [4.69, 9.17) is 24.5 Å². The van der Waals surface area contributed by atoms with Crippen LogP contribution in [-0.2, 0) is 15.8 Å². The highest BCUT2D eigenvalue weighted by atomic mass is 19.4. The van der Waals surface area contributed by atoms with Crippen molar-refractivity contribution in [3.63, 3.8) is 0 Å². The first-order valence-corrected chi connectivity index (χ1v) is 12.0. The zero-order valence-electron chi connectivity index (χ0n) is 20.5. The predicted octanol–water partition coefficient (Wildman–Crippen LogP) is 4.35. The number of rotatable bonds is 6. The number of alkyl halides is 3. The van der Waals surface area contributed by atoms with Crippen molar-refractivity contribution in [1.82, 2.24) is 14.9 Å². The van der Waals surface area contributed by atoms with E-state index in [-0.39, 0.29) is 6.61 Å². The molecule has 0 radical (unpaired) electrons. The van der Waals surface area contributed by atoms with Gasteiger partial charge in [-0.15, -0.1) is 0 Å². The van der Waals surface area contributed by atoms with Gasteiger partial charge in [0.05, 0.1) is 5.56 Å². The lowest BCUT2D eigenvalue weighted by Crippen LogP contribution is -2.38. The van der Waals surface area contributed by atoms with Crippen LogP contribution in [0.5, 0.6) is 5.75 Å². The van der Waals surface area contributed by atoms with E-state index in [1.807, 2.05) is 30.5 Å². The van der Waals surface area contributed by atoms with Gasteiger partial charge in [-0.05, 0) is 42.3 Å². The van der Waals surface area contributed by atoms with Crippen LogP contribution in [0.25, 0.3) is 27.4 Å². The highest BCUT2D eigenvalue weighted by Crippen LogP contribution is 2.34. The molecule has 0 spiro atoms. The number of aliphatic carboxylic acids is 2. The predicted molar refractivity (Wildman–Crippen MR) is 137 cm³/mol. The number of nitrogens with one attached hydrogen (secondary N) is 2. The Labute approximate surface area is 220 Å². The molecule has 0 fully saturated rings. The van der Waals surface area contributed by atoms with Crippen molar-refractivity contribution in [2.45, 2.75) is 18.7 Å². The third kappa shape index (κ3) is 6.78. The van der Waals surface area contributed by atoms with E-state index >= 15 is 0 Å². The summed E-state index contributed by atoms with van der Waals surface area (Å²) in [5.74, 6) is -2.91. The van der Waals surface area contributed by atoms with E-state index in [1.54, 1.807) is 6.20 Å². The van der Waals surface area contributed by atoms with E-state index in [0.29, 0.717) is 18.6 Å². The average Bonchev–Trinajstić information content (AvgIpc) is 3.55. The first kappa shape index (κ1) is 27.7. The number of hydrogen-bond donors (Lipinski definition) is 5. The van der Waals surface area contributed by atoms with Gasteiger partial charge in [-0.2, -0.15) is 13.2 Å². The summed E-state index contributed by atoms with van der Waals surface area (Å²) in [6.07, 6.45) is 1.47. The number of nitrogens with zero attached hydrogens (tertiary/aromatic N) is 1. The Balaban J connectivity index is 0.000000531. The fourth-order valence-electron chi connectivity index (χ4n) is 4.41. The number of aromatic amines is 2. The molecular formula is C27H26F3N3O6. The Morgan fingerprint density at radius 3 is 2.46 bits per heavy atom. The lowest BCUT2D eigenvalue weighted by molar-refractivity contribution is -0.159. The van der Waals surface area contributed by atoms with E-state index in [0.717, 1.165) is 58.3 Å². The lowest BCUT2D eigenvalue weighted by Gasteiger charge is -2.28. The molecule has 12 heteroatoms. The first-order chi connectivity index (χ1) is 18.5. The highest BCUT2D eigenvalue weighted by molar-refractivity contribution is 6.27. The molecule has 0 saturated heterocycles. The van der Waals surface area contributed by atoms with Gasteiger partial charge in [0, 0.05) is 59.4 Å². The summed E-state index contributed by atoms with van der Waals surface area (Å²) in [5, 5.41) is 27.0. The van der Waals surface area contributed by atoms with Crippen LogP contribution in [0.4, 0.5) is 13.2 Å². The van der Waals surface area contributed by atoms with Crippen LogP contribution in [0.2, 0.25) is 0 Å². The molecule has 1 aliphatic heterocycles. The smallest absolute Gasteiger partial charge is 0.416 e. The highest BCUT2D eigenvalue weighted by Gasteiger charge is 2.31. The summed E-state index contributed by atoms with van der Waals surface area (Å²) in [4.78, 5) is 26.5. The zero-order valence-corrected chi connectivity index (χ0v) is 20.5. The van der Waals surface area contributed by atoms with Crippen LogP contribution in [-0.4, -0.2) is 74.5 Å². The van der Waals surface area contributed by atoms with E-state index in [1.165, 1.54) is 6.07 Å². The molecule has 2 aromatic carbocycles. The summed E-state index contributed by atoms with van der Waals surface area (Å²) >= 11 is 0. The lowest BCUT2D eigenvalue weighted by atomic mass is 9.98. The topological polar surface area (TPSA) is 139 Å². The number of hydrogen-bond acceptors (Lipinski definition) is 5. The van der Waals surface area contributed by atoms with Crippen LogP contribution in [0.3, 0.4) is 0 Å². The van der Waals surface area contributed by atoms with Gasteiger partial charge in [0.2, 0.25) is 0 Å². The normalized spacial score (nSPS) is 14.9. The molecule has 3 heterocycles. The molecule has 5 rings (SSSR count). The molecule has 0 unspecified atom stereocenters. The maximum absolute atomic E-state index is 13.0. The number of carboxylic acids is 2.